The lowest BCUT2D eigenvalue weighted by atomic mass is 9.81. The number of hydrogen-bond donors (Lipinski definition) is 1. The lowest BCUT2D eigenvalue weighted by Crippen LogP contribution is -2.46. The van der Waals surface area contributed by atoms with Gasteiger partial charge in [0, 0.05) is 18.4 Å². The normalized spacial score (nSPS) is 17.4. The Morgan fingerprint density at radius 2 is 1.90 bits per heavy atom. The van der Waals surface area contributed by atoms with Gasteiger partial charge in [0.2, 0.25) is 11.8 Å². The summed E-state index contributed by atoms with van der Waals surface area (Å²) in [5, 5.41) is 8.61. The molecule has 1 aromatic carbocycles. The molecule has 110 valence electrons. The van der Waals surface area contributed by atoms with E-state index in [4.69, 9.17) is 5.11 Å². The van der Waals surface area contributed by atoms with Crippen molar-refractivity contribution in [1.29, 1.82) is 0 Å². The van der Waals surface area contributed by atoms with Crippen LogP contribution in [0.3, 0.4) is 0 Å². The van der Waals surface area contributed by atoms with Gasteiger partial charge in [0.25, 0.3) is 0 Å². The summed E-state index contributed by atoms with van der Waals surface area (Å²) < 4.78 is 14.1. The first-order chi connectivity index (χ1) is 9.84. The summed E-state index contributed by atoms with van der Waals surface area (Å²) >= 11 is 0. The molecule has 5 heteroatoms. The van der Waals surface area contributed by atoms with E-state index in [0.717, 1.165) is 11.0 Å². The minimum absolute atomic E-state index is 0.0463. The van der Waals surface area contributed by atoms with Gasteiger partial charge in [-0.25, -0.2) is 9.29 Å². The van der Waals surface area contributed by atoms with Gasteiger partial charge in [0.05, 0.1) is 5.69 Å². The molecule has 1 fully saturated rings. The van der Waals surface area contributed by atoms with Crippen LogP contribution in [0.1, 0.15) is 32.3 Å². The third-order valence-electron chi connectivity index (χ3n) is 3.26. The fourth-order valence-corrected chi connectivity index (χ4v) is 2.35. The molecular weight excluding hydrogens is 273 g/mol. The van der Waals surface area contributed by atoms with Gasteiger partial charge < -0.3 is 5.11 Å². The van der Waals surface area contributed by atoms with E-state index in [2.05, 4.69) is 11.8 Å². The number of benzene rings is 1. The van der Waals surface area contributed by atoms with Crippen LogP contribution in [0, 0.1) is 23.1 Å². The van der Waals surface area contributed by atoms with Crippen LogP contribution in [-0.4, -0.2) is 23.5 Å². The minimum Gasteiger partial charge on any atom is -0.384 e. The number of hydrogen-bond acceptors (Lipinski definition) is 3. The molecule has 0 radical (unpaired) electrons. The number of carbonyl (C=O) groups excluding carboxylic acids is 2. The van der Waals surface area contributed by atoms with Crippen molar-refractivity contribution < 1.29 is 19.1 Å². The molecular formula is C16H16FNO3. The van der Waals surface area contributed by atoms with E-state index in [1.807, 2.05) is 13.8 Å². The Morgan fingerprint density at radius 3 is 2.43 bits per heavy atom. The first-order valence-electron chi connectivity index (χ1n) is 6.59. The van der Waals surface area contributed by atoms with Crippen molar-refractivity contribution in [3.63, 3.8) is 0 Å². The Bertz CT molecular complexity index is 635. The first-order valence-corrected chi connectivity index (χ1v) is 6.59. The van der Waals surface area contributed by atoms with E-state index in [0.29, 0.717) is 5.56 Å². The van der Waals surface area contributed by atoms with Gasteiger partial charge in [-0.15, -0.1) is 0 Å². The summed E-state index contributed by atoms with van der Waals surface area (Å²) in [4.78, 5) is 25.1. The van der Waals surface area contributed by atoms with E-state index in [-0.39, 0.29) is 25.1 Å². The molecule has 0 bridgehead atoms. The number of nitrogens with zero attached hydrogens (tertiary/aromatic N) is 1. The molecule has 1 saturated heterocycles. The fourth-order valence-electron chi connectivity index (χ4n) is 2.35. The van der Waals surface area contributed by atoms with Gasteiger partial charge in [-0.05, 0) is 23.6 Å². The van der Waals surface area contributed by atoms with Crippen LogP contribution in [0.4, 0.5) is 10.1 Å². The van der Waals surface area contributed by atoms with Gasteiger partial charge in [0.15, 0.2) is 0 Å². The zero-order chi connectivity index (χ0) is 15.6. The van der Waals surface area contributed by atoms with E-state index in [1.165, 1.54) is 12.1 Å². The summed E-state index contributed by atoms with van der Waals surface area (Å²) in [5.41, 5.74) is -0.0641. The van der Waals surface area contributed by atoms with E-state index in [9.17, 15) is 14.0 Å². The third-order valence-corrected chi connectivity index (χ3v) is 3.26. The average molecular weight is 289 g/mol. The van der Waals surface area contributed by atoms with Crippen LogP contribution < -0.4 is 4.90 Å². The van der Waals surface area contributed by atoms with Gasteiger partial charge >= 0.3 is 0 Å². The van der Waals surface area contributed by atoms with Gasteiger partial charge in [-0.3, -0.25) is 9.59 Å². The Morgan fingerprint density at radius 1 is 1.29 bits per heavy atom. The molecule has 2 rings (SSSR count). The molecule has 0 aromatic heterocycles. The second kappa shape index (κ2) is 5.66. The predicted octanol–water partition coefficient (Wildman–Crippen LogP) is 1.85. The monoisotopic (exact) mass is 289 g/mol. The number of aliphatic hydroxyl groups is 1. The Labute approximate surface area is 122 Å². The zero-order valence-corrected chi connectivity index (χ0v) is 11.9. The van der Waals surface area contributed by atoms with Gasteiger partial charge in [0.1, 0.15) is 12.4 Å². The summed E-state index contributed by atoms with van der Waals surface area (Å²) in [7, 11) is 0. The highest BCUT2D eigenvalue weighted by Crippen LogP contribution is 2.34. The van der Waals surface area contributed by atoms with E-state index < -0.39 is 23.0 Å². The maximum Gasteiger partial charge on any atom is 0.234 e. The van der Waals surface area contributed by atoms with Crippen LogP contribution in [0.5, 0.6) is 0 Å². The van der Waals surface area contributed by atoms with Crippen molar-refractivity contribution in [3.8, 4) is 11.8 Å². The van der Waals surface area contributed by atoms with Crippen molar-refractivity contribution in [2.45, 2.75) is 26.7 Å². The minimum atomic E-state index is -0.679. The molecule has 0 unspecified atom stereocenters. The van der Waals surface area contributed by atoms with Crippen LogP contribution in [0.25, 0.3) is 0 Å². The maximum atomic E-state index is 14.1. The number of piperidine rings is 1. The number of rotatable bonds is 1. The van der Waals surface area contributed by atoms with Crippen LogP contribution in [-0.2, 0) is 9.59 Å². The highest BCUT2D eigenvalue weighted by atomic mass is 19.1. The molecule has 1 aromatic rings. The second-order valence-electron chi connectivity index (χ2n) is 5.77. The lowest BCUT2D eigenvalue weighted by Gasteiger charge is -2.34. The van der Waals surface area contributed by atoms with Crippen molar-refractivity contribution >= 4 is 17.5 Å². The zero-order valence-electron chi connectivity index (χ0n) is 11.9. The smallest absolute Gasteiger partial charge is 0.234 e. The molecule has 2 amide bonds. The number of anilines is 1. The standard InChI is InChI=1S/C16H16FNO3/c1-16(2)9-14(20)18(15(21)10-16)13-6-5-11(4-3-7-19)8-12(13)17/h5-6,8,19H,7,9-10H2,1-2H3. The third kappa shape index (κ3) is 3.29. The van der Waals surface area contributed by atoms with Crippen LogP contribution in [0.2, 0.25) is 0 Å². The van der Waals surface area contributed by atoms with Gasteiger partial charge in [-0.2, -0.15) is 0 Å². The molecule has 0 aliphatic carbocycles. The topological polar surface area (TPSA) is 57.6 Å². The lowest BCUT2D eigenvalue weighted by molar-refractivity contribution is -0.132. The molecule has 1 aliphatic heterocycles. The van der Waals surface area contributed by atoms with Crippen molar-refractivity contribution in [2.75, 3.05) is 11.5 Å². The maximum absolute atomic E-state index is 14.1. The Kier molecular flexibility index (Phi) is 4.10. The average Bonchev–Trinajstić information content (AvgIpc) is 2.36. The van der Waals surface area contributed by atoms with Crippen molar-refractivity contribution in [1.82, 2.24) is 0 Å². The molecule has 21 heavy (non-hydrogen) atoms. The quantitative estimate of drug-likeness (QED) is 0.634. The number of aliphatic hydroxyl groups excluding tert-OH is 1. The van der Waals surface area contributed by atoms with E-state index in [1.54, 1.807) is 0 Å². The Balaban J connectivity index is 2.34. The number of imide groups is 1. The SMILES string of the molecule is CC1(C)CC(=O)N(c2ccc(C#CCO)cc2F)C(=O)C1. The summed E-state index contributed by atoms with van der Waals surface area (Å²) in [5.74, 6) is 3.51. The number of carbonyl (C=O) groups is 2. The molecule has 4 nitrogen and oxygen atoms in total. The predicted molar refractivity (Wildman–Crippen MR) is 75.9 cm³/mol. The number of halogens is 1. The first kappa shape index (κ1) is 15.2. The Hall–Kier alpha value is -2.19. The highest BCUT2D eigenvalue weighted by Gasteiger charge is 2.39. The highest BCUT2D eigenvalue weighted by molar-refractivity contribution is 6.17. The molecule has 1 N–H and O–H groups in total. The van der Waals surface area contributed by atoms with Crippen LogP contribution in [0.15, 0.2) is 18.2 Å². The number of amides is 2. The molecule has 1 aliphatic rings. The molecule has 0 atom stereocenters. The van der Waals surface area contributed by atoms with Crippen molar-refractivity contribution in [2.24, 2.45) is 5.41 Å². The van der Waals surface area contributed by atoms with Crippen molar-refractivity contribution in [3.05, 3.63) is 29.6 Å². The van der Waals surface area contributed by atoms with E-state index >= 15 is 0 Å². The summed E-state index contributed by atoms with van der Waals surface area (Å²) in [6.45, 7) is 3.36. The second-order valence-corrected chi connectivity index (χ2v) is 5.77. The molecule has 1 heterocycles. The summed E-state index contributed by atoms with van der Waals surface area (Å²) in [6.07, 6.45) is 0.397. The summed E-state index contributed by atoms with van der Waals surface area (Å²) in [6, 6.07) is 4.03. The van der Waals surface area contributed by atoms with Gasteiger partial charge in [-0.1, -0.05) is 25.7 Å². The largest absolute Gasteiger partial charge is 0.384 e. The fraction of sp³-hybridized carbons (Fsp3) is 0.375. The van der Waals surface area contributed by atoms with Crippen LogP contribution >= 0.6 is 0 Å². The molecule has 0 spiro atoms. The molecule has 0 saturated carbocycles.